The van der Waals surface area contributed by atoms with Gasteiger partial charge in [0.2, 0.25) is 0 Å². The quantitative estimate of drug-likeness (QED) is 0.766. The average Bonchev–Trinajstić information content (AvgIpc) is 2.44. The monoisotopic (exact) mass is 342 g/mol. The van der Waals surface area contributed by atoms with Gasteiger partial charge in [-0.15, -0.1) is 0 Å². The minimum absolute atomic E-state index is 0.339. The molecule has 0 spiro atoms. The van der Waals surface area contributed by atoms with E-state index in [1.807, 2.05) is 12.2 Å². The van der Waals surface area contributed by atoms with Crippen molar-refractivity contribution in [2.45, 2.75) is 26.9 Å². The Hall–Kier alpha value is -2.28. The lowest BCUT2D eigenvalue weighted by Crippen LogP contribution is -2.46. The Labute approximate surface area is 139 Å². The van der Waals surface area contributed by atoms with E-state index in [1.165, 1.54) is 0 Å². The van der Waals surface area contributed by atoms with Gasteiger partial charge in [-0.1, -0.05) is 31.5 Å². The molecule has 3 amide bonds. The normalized spacial score (nSPS) is 11.7. The highest BCUT2D eigenvalue weighted by atomic mass is 35.5. The molecule has 0 aliphatic heterocycles. The summed E-state index contributed by atoms with van der Waals surface area (Å²) in [7, 11) is 0. The van der Waals surface area contributed by atoms with E-state index in [2.05, 4.69) is 0 Å². The lowest BCUT2D eigenvalue weighted by atomic mass is 10.1. The second kappa shape index (κ2) is 8.38. The van der Waals surface area contributed by atoms with Crippen LogP contribution in [0.25, 0.3) is 0 Å². The number of urea groups is 1. The minimum Gasteiger partial charge on any atom is -0.480 e. The third kappa shape index (κ3) is 6.15. The number of aryl methyl sites for hydroxylation is 1. The number of ether oxygens (including phenoxy) is 2. The lowest BCUT2D eigenvalue weighted by Gasteiger charge is -2.20. The van der Waals surface area contributed by atoms with E-state index >= 15 is 0 Å². The van der Waals surface area contributed by atoms with E-state index in [-0.39, 0.29) is 5.92 Å². The van der Waals surface area contributed by atoms with E-state index in [9.17, 15) is 14.4 Å². The smallest absolute Gasteiger partial charge is 0.344 e. The third-order valence-electron chi connectivity index (χ3n) is 2.80. The Morgan fingerprint density at radius 1 is 1.30 bits per heavy atom. The van der Waals surface area contributed by atoms with Gasteiger partial charge in [-0.3, -0.25) is 10.1 Å². The number of primary amides is 1. The molecular formula is C15H19ClN2O5. The molecule has 126 valence electrons. The predicted molar refractivity (Wildman–Crippen MR) is 84.1 cm³/mol. The van der Waals surface area contributed by atoms with Gasteiger partial charge in [0, 0.05) is 0 Å². The number of carbonyl (C=O) groups is 3. The van der Waals surface area contributed by atoms with Gasteiger partial charge in [-0.2, -0.15) is 0 Å². The van der Waals surface area contributed by atoms with E-state index < -0.39 is 30.6 Å². The molecule has 0 saturated carbocycles. The molecule has 0 unspecified atom stereocenters. The highest BCUT2D eigenvalue weighted by molar-refractivity contribution is 6.32. The summed E-state index contributed by atoms with van der Waals surface area (Å²) in [5.41, 5.74) is 5.79. The number of imide groups is 1. The van der Waals surface area contributed by atoms with Gasteiger partial charge < -0.3 is 15.2 Å². The van der Waals surface area contributed by atoms with Crippen molar-refractivity contribution in [3.8, 4) is 5.75 Å². The minimum atomic E-state index is -1.15. The zero-order chi connectivity index (χ0) is 17.6. The Kier molecular flexibility index (Phi) is 6.84. The summed E-state index contributed by atoms with van der Waals surface area (Å²) in [5, 5.41) is 2.24. The molecule has 0 aliphatic carbocycles. The molecule has 1 atom stereocenters. The first-order valence-electron chi connectivity index (χ1n) is 6.89. The molecule has 0 saturated heterocycles. The summed E-state index contributed by atoms with van der Waals surface area (Å²) in [6.45, 7) is 4.76. The van der Waals surface area contributed by atoms with Gasteiger partial charge >= 0.3 is 12.0 Å². The average molecular weight is 343 g/mol. The number of hydrogen-bond donors (Lipinski definition) is 2. The van der Waals surface area contributed by atoms with Crippen LogP contribution in [0.2, 0.25) is 5.02 Å². The highest BCUT2D eigenvalue weighted by Gasteiger charge is 2.27. The number of amides is 3. The summed E-state index contributed by atoms with van der Waals surface area (Å²) < 4.78 is 10.3. The molecule has 0 fully saturated rings. The van der Waals surface area contributed by atoms with Crippen LogP contribution < -0.4 is 15.8 Å². The first kappa shape index (κ1) is 18.8. The van der Waals surface area contributed by atoms with Crippen molar-refractivity contribution < 1.29 is 23.9 Å². The summed E-state index contributed by atoms with van der Waals surface area (Å²) in [6, 6.07) is 4.11. The molecule has 0 bridgehead atoms. The highest BCUT2D eigenvalue weighted by Crippen LogP contribution is 2.25. The first-order valence-corrected chi connectivity index (χ1v) is 7.27. The van der Waals surface area contributed by atoms with Gasteiger partial charge in [0.25, 0.3) is 5.91 Å². The fraction of sp³-hybridized carbons (Fsp3) is 0.400. The fourth-order valence-corrected chi connectivity index (χ4v) is 1.89. The van der Waals surface area contributed by atoms with Gasteiger partial charge in [-0.25, -0.2) is 9.59 Å². The zero-order valence-electron chi connectivity index (χ0n) is 13.1. The van der Waals surface area contributed by atoms with Crippen LogP contribution in [0.5, 0.6) is 5.75 Å². The second-order valence-corrected chi connectivity index (χ2v) is 5.64. The molecule has 1 aromatic carbocycles. The summed E-state index contributed by atoms with van der Waals surface area (Å²) >= 11 is 5.95. The van der Waals surface area contributed by atoms with Crippen molar-refractivity contribution >= 4 is 29.5 Å². The molecule has 7 nitrogen and oxygen atoms in total. The van der Waals surface area contributed by atoms with Crippen LogP contribution in [0, 0.1) is 12.8 Å². The summed E-state index contributed by atoms with van der Waals surface area (Å²) in [4.78, 5) is 34.3. The van der Waals surface area contributed by atoms with Crippen LogP contribution >= 0.6 is 11.6 Å². The van der Waals surface area contributed by atoms with Crippen LogP contribution in [-0.2, 0) is 14.3 Å². The van der Waals surface area contributed by atoms with Gasteiger partial charge in [0.05, 0.1) is 5.02 Å². The van der Waals surface area contributed by atoms with Crippen molar-refractivity contribution in [3.63, 3.8) is 0 Å². The number of rotatable bonds is 6. The van der Waals surface area contributed by atoms with Crippen molar-refractivity contribution in [3.05, 3.63) is 28.8 Å². The largest absolute Gasteiger partial charge is 0.480 e. The molecular weight excluding hydrogens is 324 g/mol. The van der Waals surface area contributed by atoms with E-state index in [4.69, 9.17) is 26.8 Å². The fourth-order valence-electron chi connectivity index (χ4n) is 1.72. The maximum absolute atomic E-state index is 11.8. The van der Waals surface area contributed by atoms with E-state index in [1.54, 1.807) is 32.0 Å². The molecule has 23 heavy (non-hydrogen) atoms. The standard InChI is InChI=1S/C15H19ClN2O5/c1-8(2)13(14(20)18-15(17)21)23-12(19)7-22-11-6-9(3)4-5-10(11)16/h4-6,8,13H,7H2,1-3H3,(H3,17,18,20,21)/t13-/m0/s1. The molecule has 0 radical (unpaired) electrons. The summed E-state index contributed by atoms with van der Waals surface area (Å²) in [6.07, 6.45) is -1.15. The Balaban J connectivity index is 2.64. The Morgan fingerprint density at radius 3 is 2.52 bits per heavy atom. The number of hydrogen-bond acceptors (Lipinski definition) is 5. The van der Waals surface area contributed by atoms with E-state index in [0.717, 1.165) is 5.56 Å². The van der Waals surface area contributed by atoms with Gasteiger partial charge in [-0.05, 0) is 30.5 Å². The predicted octanol–water partition coefficient (Wildman–Crippen LogP) is 1.79. The topological polar surface area (TPSA) is 108 Å². The van der Waals surface area contributed by atoms with Crippen LogP contribution in [-0.4, -0.2) is 30.6 Å². The lowest BCUT2D eigenvalue weighted by molar-refractivity contribution is -0.160. The molecule has 3 N–H and O–H groups in total. The Morgan fingerprint density at radius 2 is 1.96 bits per heavy atom. The van der Waals surface area contributed by atoms with Crippen LogP contribution in [0.3, 0.4) is 0 Å². The SMILES string of the molecule is Cc1ccc(Cl)c(OCC(=O)O[C@H](C(=O)NC(N)=O)C(C)C)c1. The molecule has 8 heteroatoms. The first-order chi connectivity index (χ1) is 10.7. The van der Waals surface area contributed by atoms with Gasteiger partial charge in [0.1, 0.15) is 5.75 Å². The maximum Gasteiger partial charge on any atom is 0.344 e. The number of benzene rings is 1. The third-order valence-corrected chi connectivity index (χ3v) is 3.11. The van der Waals surface area contributed by atoms with Crippen LogP contribution in [0.4, 0.5) is 4.79 Å². The van der Waals surface area contributed by atoms with Crippen molar-refractivity contribution in [1.82, 2.24) is 5.32 Å². The molecule has 1 aromatic rings. The molecule has 0 heterocycles. The van der Waals surface area contributed by atoms with Crippen LogP contribution in [0.15, 0.2) is 18.2 Å². The summed E-state index contributed by atoms with van der Waals surface area (Å²) in [5.74, 6) is -1.55. The van der Waals surface area contributed by atoms with Crippen molar-refractivity contribution in [1.29, 1.82) is 0 Å². The number of esters is 1. The zero-order valence-corrected chi connectivity index (χ0v) is 13.8. The molecule has 0 aliphatic rings. The molecule has 0 aromatic heterocycles. The van der Waals surface area contributed by atoms with Crippen molar-refractivity contribution in [2.24, 2.45) is 11.7 Å². The van der Waals surface area contributed by atoms with E-state index in [0.29, 0.717) is 10.8 Å². The number of nitrogens with two attached hydrogens (primary N) is 1. The Bertz CT molecular complexity index is 604. The number of halogens is 1. The van der Waals surface area contributed by atoms with Crippen molar-refractivity contribution in [2.75, 3.05) is 6.61 Å². The van der Waals surface area contributed by atoms with Gasteiger partial charge in [0.15, 0.2) is 12.7 Å². The number of carbonyl (C=O) groups excluding carboxylic acids is 3. The number of nitrogens with one attached hydrogen (secondary N) is 1. The van der Waals surface area contributed by atoms with Crippen LogP contribution in [0.1, 0.15) is 19.4 Å². The maximum atomic E-state index is 11.8. The molecule has 1 rings (SSSR count). The second-order valence-electron chi connectivity index (χ2n) is 5.23.